The van der Waals surface area contributed by atoms with E-state index in [4.69, 9.17) is 19.9 Å². The third-order valence-electron chi connectivity index (χ3n) is 16.5. The molecule has 6 heterocycles. The molecule has 8 atom stereocenters. The number of hydrogen-bond acceptors (Lipinski definition) is 21. The molecule has 4 saturated carbocycles. The number of urea groups is 1. The van der Waals surface area contributed by atoms with Gasteiger partial charge in [0, 0.05) is 74.6 Å². The molecule has 6 aromatic heterocycles. The van der Waals surface area contributed by atoms with E-state index in [1.54, 1.807) is 21.8 Å². The Labute approximate surface area is 473 Å². The highest BCUT2D eigenvalue weighted by molar-refractivity contribution is 5.86. The largest absolute Gasteiger partial charge is 0.388 e. The molecule has 0 aliphatic heterocycles. The Hall–Kier alpha value is -7.31. The van der Waals surface area contributed by atoms with Gasteiger partial charge in [-0.1, -0.05) is 0 Å². The maximum absolute atomic E-state index is 13.5. The third-order valence-corrected chi connectivity index (χ3v) is 16.5. The molecule has 29 nitrogen and oxygen atoms in total. The van der Waals surface area contributed by atoms with Gasteiger partial charge >= 0.3 is 6.03 Å². The van der Waals surface area contributed by atoms with E-state index in [1.807, 2.05) is 34.2 Å². The minimum absolute atomic E-state index is 0.00441. The molecule has 4 fully saturated rings. The molecule has 0 spiro atoms. The summed E-state index contributed by atoms with van der Waals surface area (Å²) in [4.78, 5) is 75.4. The highest BCUT2D eigenvalue weighted by atomic mass is 16.3. The minimum atomic E-state index is -1.28. The average Bonchev–Trinajstić information content (AvgIpc) is 4.18. The van der Waals surface area contributed by atoms with Crippen molar-refractivity contribution in [2.45, 2.75) is 190 Å². The molecule has 6 aromatic rings. The van der Waals surface area contributed by atoms with Crippen LogP contribution < -0.4 is 42.5 Å². The molecule has 14 N–H and O–H groups in total. The Morgan fingerprint density at radius 1 is 0.524 bits per heavy atom. The first kappa shape index (κ1) is 57.9. The van der Waals surface area contributed by atoms with Gasteiger partial charge in [0.15, 0.2) is 34.0 Å². The Balaban J connectivity index is 0.745. The highest BCUT2D eigenvalue weighted by Gasteiger charge is 2.45. The molecule has 0 saturated heterocycles. The van der Waals surface area contributed by atoms with Crippen LogP contribution in [0, 0.1) is 0 Å². The molecule has 0 aromatic carbocycles. The molecule has 82 heavy (non-hydrogen) atoms. The Bertz CT molecular complexity index is 2940. The Morgan fingerprint density at radius 2 is 0.915 bits per heavy atom. The predicted octanol–water partition coefficient (Wildman–Crippen LogP) is 0.563. The molecule has 29 heteroatoms. The molecule has 4 aliphatic rings. The first-order valence-corrected chi connectivity index (χ1v) is 28.7. The second-order valence-corrected chi connectivity index (χ2v) is 22.8. The molecule has 0 radical (unpaired) electrons. The Kier molecular flexibility index (Phi) is 18.0. The van der Waals surface area contributed by atoms with Gasteiger partial charge in [0.05, 0.1) is 60.9 Å². The van der Waals surface area contributed by atoms with E-state index in [2.05, 4.69) is 90.2 Å². The van der Waals surface area contributed by atoms with Crippen molar-refractivity contribution in [2.24, 2.45) is 0 Å². The van der Waals surface area contributed by atoms with Crippen molar-refractivity contribution in [2.75, 3.05) is 47.6 Å². The van der Waals surface area contributed by atoms with Gasteiger partial charge in [-0.15, -0.1) is 0 Å². The van der Waals surface area contributed by atoms with Crippen LogP contribution in [0.4, 0.5) is 28.3 Å². The summed E-state index contributed by atoms with van der Waals surface area (Å²) in [5.41, 5.74) is 3.62. The van der Waals surface area contributed by atoms with E-state index in [0.717, 1.165) is 62.8 Å². The van der Waals surface area contributed by atoms with Crippen molar-refractivity contribution < 1.29 is 45.0 Å². The number of imidazole rings is 4. The quantitative estimate of drug-likeness (QED) is 0.0442. The summed E-state index contributed by atoms with van der Waals surface area (Å²) < 4.78 is 7.49. The number of nitrogens with one attached hydrogen (secondary N) is 8. The van der Waals surface area contributed by atoms with Crippen LogP contribution in [-0.4, -0.2) is 194 Å². The van der Waals surface area contributed by atoms with Gasteiger partial charge in [-0.3, -0.25) is 9.59 Å². The van der Waals surface area contributed by atoms with Crippen LogP contribution in [0.15, 0.2) is 37.7 Å². The molecule has 0 unspecified atom stereocenters. The average molecular weight is 1140 g/mol. The number of hydrogen-bond donors (Lipinski definition) is 14. The number of nitrogens with zero attached hydrogens (tertiary/aromatic N) is 12. The van der Waals surface area contributed by atoms with Crippen LogP contribution in [0.25, 0.3) is 22.3 Å². The van der Waals surface area contributed by atoms with Crippen molar-refractivity contribution in [3.05, 3.63) is 49.1 Å². The molecule has 4 amide bonds. The smallest absolute Gasteiger partial charge is 0.315 e. The van der Waals surface area contributed by atoms with Crippen LogP contribution in [-0.2, 0) is 22.4 Å². The summed E-state index contributed by atoms with van der Waals surface area (Å²) in [6.45, 7) is 7.83. The monoisotopic (exact) mass is 1140 g/mol. The summed E-state index contributed by atoms with van der Waals surface area (Å²) in [6.07, 6.45) is 13.1. The zero-order valence-corrected chi connectivity index (χ0v) is 46.6. The van der Waals surface area contributed by atoms with E-state index in [9.17, 15) is 45.0 Å². The van der Waals surface area contributed by atoms with Gasteiger partial charge < -0.3 is 91.4 Å². The number of aromatic nitrogens is 12. The summed E-state index contributed by atoms with van der Waals surface area (Å²) in [7, 11) is 0. The van der Waals surface area contributed by atoms with Crippen LogP contribution in [0.1, 0.15) is 127 Å². The van der Waals surface area contributed by atoms with Gasteiger partial charge in [-0.25, -0.2) is 24.7 Å². The van der Waals surface area contributed by atoms with Gasteiger partial charge in [-0.05, 0) is 91.9 Å². The molecule has 10 rings (SSSR count). The zero-order valence-electron chi connectivity index (χ0n) is 46.6. The lowest BCUT2D eigenvalue weighted by molar-refractivity contribution is -0.126. The fraction of sp³-hybridized carbons (Fsp3) is 0.642. The number of rotatable bonds is 22. The molecular weight excluding hydrogens is 1060 g/mol. The maximum Gasteiger partial charge on any atom is 0.315 e. The lowest BCUT2D eigenvalue weighted by Gasteiger charge is -2.32. The van der Waals surface area contributed by atoms with E-state index >= 15 is 0 Å². The third kappa shape index (κ3) is 13.1. The number of fused-ring (bicyclic) bond motifs is 2. The van der Waals surface area contributed by atoms with Crippen molar-refractivity contribution >= 4 is 63.7 Å². The topological polar surface area (TPSA) is 392 Å². The first-order valence-electron chi connectivity index (χ1n) is 28.7. The van der Waals surface area contributed by atoms with E-state index in [1.165, 1.54) is 0 Å². The van der Waals surface area contributed by atoms with Crippen LogP contribution in [0.2, 0.25) is 0 Å². The molecular formula is C53H78N20O9. The number of amides is 4. The van der Waals surface area contributed by atoms with Crippen molar-refractivity contribution in [3.63, 3.8) is 0 Å². The van der Waals surface area contributed by atoms with Crippen molar-refractivity contribution in [1.82, 2.24) is 79.4 Å². The maximum atomic E-state index is 13.5. The number of carbonyl (C=O) groups excluding carboxylic acids is 3. The number of carbonyl (C=O) groups is 3. The minimum Gasteiger partial charge on any atom is -0.388 e. The van der Waals surface area contributed by atoms with E-state index in [0.29, 0.717) is 71.8 Å². The Morgan fingerprint density at radius 3 is 1.28 bits per heavy atom. The summed E-state index contributed by atoms with van der Waals surface area (Å²) >= 11 is 0. The van der Waals surface area contributed by atoms with Gasteiger partial charge in [0.1, 0.15) is 37.6 Å². The van der Waals surface area contributed by atoms with Crippen molar-refractivity contribution in [3.8, 4) is 0 Å². The second-order valence-electron chi connectivity index (χ2n) is 22.8. The van der Waals surface area contributed by atoms with Gasteiger partial charge in [-0.2, -0.15) is 19.9 Å². The molecule has 4 aliphatic carbocycles. The van der Waals surface area contributed by atoms with Crippen LogP contribution >= 0.6 is 0 Å². The van der Waals surface area contributed by atoms with Gasteiger partial charge in [0.2, 0.25) is 23.7 Å². The number of anilines is 4. The highest BCUT2D eigenvalue weighted by Crippen LogP contribution is 2.37. The number of aliphatic hydroxyl groups excluding tert-OH is 6. The van der Waals surface area contributed by atoms with E-state index in [-0.39, 0.29) is 55.1 Å². The van der Waals surface area contributed by atoms with Crippen LogP contribution in [0.5, 0.6) is 0 Å². The number of aliphatic hydroxyl groups is 6. The van der Waals surface area contributed by atoms with Gasteiger partial charge in [0.25, 0.3) is 0 Å². The zero-order chi connectivity index (χ0) is 57.8. The van der Waals surface area contributed by atoms with Crippen LogP contribution in [0.3, 0.4) is 0 Å². The SMILES string of the molecule is CC(C)n1cnc(CCNc2nc(NC3CCC(NC(=O)NC4CCC(Nc5nc(NCCc6cn(C(C)C)cn6)nc6c5ncn6[C@@H]5C[C@H](NC(=O)CO)[C@@H](O)[C@H]5O)CC4)CC3)c3ncn([C@@H]4C[C@H](NC(=O)CO)[C@@H](O)[C@H]4O)c3n2)c1. The first-order chi connectivity index (χ1) is 39.5. The summed E-state index contributed by atoms with van der Waals surface area (Å²) in [5, 5.41) is 88.3. The lowest BCUT2D eigenvalue weighted by atomic mass is 9.90. The second kappa shape index (κ2) is 25.5. The molecule has 444 valence electrons. The fourth-order valence-electron chi connectivity index (χ4n) is 11.8. The fourth-order valence-corrected chi connectivity index (χ4v) is 11.8. The molecule has 0 bridgehead atoms. The van der Waals surface area contributed by atoms with E-state index < -0.39 is 73.6 Å². The lowest BCUT2D eigenvalue weighted by Crippen LogP contribution is -2.49. The summed E-state index contributed by atoms with van der Waals surface area (Å²) in [5.74, 6) is 0.351. The normalized spacial score (nSPS) is 26.6. The van der Waals surface area contributed by atoms with Crippen molar-refractivity contribution in [1.29, 1.82) is 0 Å². The predicted molar refractivity (Wildman–Crippen MR) is 301 cm³/mol. The summed E-state index contributed by atoms with van der Waals surface area (Å²) in [6, 6.07) is -2.73. The standard InChI is InChI=1S/C53H78N20O9/c1-27(2)70-19-33(56-23-70)13-15-54-51-66-47(41-49(68-51)72(25-58-41)37-17-35(43(78)45(37)80)64-39(76)21-74)60-29-5-9-31(10-6-29)62-53(82)63-32-11-7-30(8-12-32)61-48-42-50(69-52(67-48)55-16-14-34-20-71(24-57-34)28(3)4)73(26-59-42)38-18-36(44(79)46(38)81)65-40(77)22-75/h19-20,23-32,35-38,43-46,74-75,78-81H,5-18,21-22H2,1-4H3,(H,64,76)(H,65,77)(H2,62,63,82)(H2,54,60,66,68)(H2,55,61,67,69)/t29?,30?,31?,32?,35-,36-,37+,38+,43+,44+,45-,46-/m0/s1.